The molecular formula is C17H13ClF2N2O2. The summed E-state index contributed by atoms with van der Waals surface area (Å²) in [6.07, 6.45) is 0. The third kappa shape index (κ3) is 2.59. The SMILES string of the molecule is COc1cc(F)c(-c2cc(=O)n(C)n2-c2ccccc2Cl)c(F)c1. The van der Waals surface area contributed by atoms with Crippen LogP contribution >= 0.6 is 11.6 Å². The number of hydrogen-bond acceptors (Lipinski definition) is 2. The van der Waals surface area contributed by atoms with Crippen molar-refractivity contribution in [2.24, 2.45) is 7.05 Å². The molecule has 4 nitrogen and oxygen atoms in total. The second-order valence-corrected chi connectivity index (χ2v) is 5.53. The van der Waals surface area contributed by atoms with Gasteiger partial charge in [0.2, 0.25) is 0 Å². The highest BCUT2D eigenvalue weighted by Gasteiger charge is 2.21. The summed E-state index contributed by atoms with van der Waals surface area (Å²) in [4.78, 5) is 12.1. The lowest BCUT2D eigenvalue weighted by atomic mass is 10.1. The predicted octanol–water partition coefficient (Wildman–Crippen LogP) is 3.78. The summed E-state index contributed by atoms with van der Waals surface area (Å²) in [7, 11) is 2.81. The smallest absolute Gasteiger partial charge is 0.267 e. The fourth-order valence-corrected chi connectivity index (χ4v) is 2.75. The monoisotopic (exact) mass is 350 g/mol. The van der Waals surface area contributed by atoms with Gasteiger partial charge < -0.3 is 4.74 Å². The second-order valence-electron chi connectivity index (χ2n) is 5.12. The first-order valence-electron chi connectivity index (χ1n) is 7.01. The molecule has 0 aliphatic heterocycles. The molecule has 0 unspecified atom stereocenters. The van der Waals surface area contributed by atoms with Crippen molar-refractivity contribution in [1.82, 2.24) is 9.36 Å². The van der Waals surface area contributed by atoms with Gasteiger partial charge in [-0.25, -0.2) is 18.1 Å². The topological polar surface area (TPSA) is 36.2 Å². The average molecular weight is 351 g/mol. The molecule has 0 bridgehead atoms. The van der Waals surface area contributed by atoms with Crippen LogP contribution in [0.2, 0.25) is 5.02 Å². The number of benzene rings is 2. The van der Waals surface area contributed by atoms with Gasteiger partial charge in [0.25, 0.3) is 5.56 Å². The lowest BCUT2D eigenvalue weighted by Gasteiger charge is -2.15. The standard InChI is InChI=1S/C17H13ClF2N2O2/c1-21-16(23)9-15(22(21)14-6-4-3-5-11(14)18)17-12(19)7-10(24-2)8-13(17)20/h3-9H,1-2H3. The van der Waals surface area contributed by atoms with E-state index in [0.717, 1.165) is 18.2 Å². The highest BCUT2D eigenvalue weighted by Crippen LogP contribution is 2.32. The molecule has 0 aliphatic rings. The zero-order valence-corrected chi connectivity index (χ0v) is 13.6. The van der Waals surface area contributed by atoms with E-state index in [-0.39, 0.29) is 17.0 Å². The van der Waals surface area contributed by atoms with Crippen molar-refractivity contribution in [3.8, 4) is 22.7 Å². The predicted molar refractivity (Wildman–Crippen MR) is 87.9 cm³/mol. The van der Waals surface area contributed by atoms with Crippen LogP contribution in [0, 0.1) is 11.6 Å². The van der Waals surface area contributed by atoms with Crippen molar-refractivity contribution in [2.45, 2.75) is 0 Å². The fourth-order valence-electron chi connectivity index (χ4n) is 2.54. The van der Waals surface area contributed by atoms with Crippen LogP contribution in [0.25, 0.3) is 16.9 Å². The van der Waals surface area contributed by atoms with E-state index in [9.17, 15) is 13.6 Å². The Balaban J connectivity index is 2.34. The van der Waals surface area contributed by atoms with Gasteiger partial charge in [-0.05, 0) is 12.1 Å². The summed E-state index contributed by atoms with van der Waals surface area (Å²) < 4.78 is 36.4. The molecule has 1 aromatic heterocycles. The van der Waals surface area contributed by atoms with Crippen LogP contribution in [0.5, 0.6) is 5.75 Å². The average Bonchev–Trinajstić information content (AvgIpc) is 2.82. The first kappa shape index (κ1) is 16.3. The molecule has 24 heavy (non-hydrogen) atoms. The third-order valence-electron chi connectivity index (χ3n) is 3.70. The Morgan fingerprint density at radius 1 is 1.08 bits per heavy atom. The number of para-hydroxylation sites is 1. The summed E-state index contributed by atoms with van der Waals surface area (Å²) in [5.74, 6) is -1.62. The van der Waals surface area contributed by atoms with Crippen molar-refractivity contribution in [3.63, 3.8) is 0 Å². The molecule has 0 saturated heterocycles. The summed E-state index contributed by atoms with van der Waals surface area (Å²) in [5.41, 5.74) is -0.241. The molecule has 0 aliphatic carbocycles. The summed E-state index contributed by atoms with van der Waals surface area (Å²) in [5, 5.41) is 0.347. The van der Waals surface area contributed by atoms with Gasteiger partial charge in [-0.1, -0.05) is 23.7 Å². The highest BCUT2D eigenvalue weighted by atomic mass is 35.5. The Labute approximate surface area is 141 Å². The maximum atomic E-state index is 14.4. The van der Waals surface area contributed by atoms with Crippen molar-refractivity contribution in [3.05, 3.63) is 69.5 Å². The van der Waals surface area contributed by atoms with Crippen molar-refractivity contribution < 1.29 is 13.5 Å². The third-order valence-corrected chi connectivity index (χ3v) is 4.02. The zero-order valence-electron chi connectivity index (χ0n) is 12.9. The Hall–Kier alpha value is -2.60. The van der Waals surface area contributed by atoms with E-state index in [1.165, 1.54) is 23.5 Å². The van der Waals surface area contributed by atoms with Gasteiger partial charge in [0.1, 0.15) is 17.4 Å². The molecule has 0 saturated carbocycles. The highest BCUT2D eigenvalue weighted by molar-refractivity contribution is 6.32. The molecule has 0 atom stereocenters. The van der Waals surface area contributed by atoms with E-state index < -0.39 is 17.2 Å². The Kier molecular flexibility index (Phi) is 4.15. The first-order valence-corrected chi connectivity index (χ1v) is 7.39. The van der Waals surface area contributed by atoms with Crippen LogP contribution in [0.1, 0.15) is 0 Å². The minimum Gasteiger partial charge on any atom is -0.497 e. The van der Waals surface area contributed by atoms with Crippen LogP contribution < -0.4 is 10.3 Å². The van der Waals surface area contributed by atoms with Crippen molar-refractivity contribution >= 4 is 11.6 Å². The van der Waals surface area contributed by atoms with Crippen LogP contribution in [0.3, 0.4) is 0 Å². The van der Waals surface area contributed by atoms with Gasteiger partial charge in [0.15, 0.2) is 0 Å². The molecular weight excluding hydrogens is 338 g/mol. The van der Waals surface area contributed by atoms with E-state index in [1.807, 2.05) is 0 Å². The Morgan fingerprint density at radius 2 is 1.71 bits per heavy atom. The van der Waals surface area contributed by atoms with Gasteiger partial charge >= 0.3 is 0 Å². The zero-order chi connectivity index (χ0) is 17.4. The molecule has 3 rings (SSSR count). The van der Waals surface area contributed by atoms with Crippen LogP contribution in [0.15, 0.2) is 47.3 Å². The number of rotatable bonds is 3. The second kappa shape index (κ2) is 6.13. The molecule has 2 aromatic carbocycles. The van der Waals surface area contributed by atoms with Crippen LogP contribution in [-0.2, 0) is 7.05 Å². The number of nitrogens with zero attached hydrogens (tertiary/aromatic N) is 2. The van der Waals surface area contributed by atoms with Gasteiger partial charge in [-0.15, -0.1) is 0 Å². The van der Waals surface area contributed by atoms with Gasteiger partial charge in [-0.2, -0.15) is 0 Å². The fraction of sp³-hybridized carbons (Fsp3) is 0.118. The van der Waals surface area contributed by atoms with E-state index in [0.29, 0.717) is 10.7 Å². The van der Waals surface area contributed by atoms with Crippen LogP contribution in [-0.4, -0.2) is 16.5 Å². The molecule has 0 amide bonds. The van der Waals surface area contributed by atoms with E-state index in [2.05, 4.69) is 0 Å². The molecule has 0 fully saturated rings. The van der Waals surface area contributed by atoms with E-state index >= 15 is 0 Å². The van der Waals surface area contributed by atoms with Crippen molar-refractivity contribution in [2.75, 3.05) is 7.11 Å². The molecule has 124 valence electrons. The first-order chi connectivity index (χ1) is 11.4. The molecule has 1 heterocycles. The normalized spacial score (nSPS) is 10.9. The quantitative estimate of drug-likeness (QED) is 0.720. The van der Waals surface area contributed by atoms with Crippen LogP contribution in [0.4, 0.5) is 8.78 Å². The Morgan fingerprint density at radius 3 is 2.29 bits per heavy atom. The summed E-state index contributed by atoms with van der Waals surface area (Å²) >= 11 is 6.18. The maximum absolute atomic E-state index is 14.4. The summed E-state index contributed by atoms with van der Waals surface area (Å²) in [6.45, 7) is 0. The molecule has 0 radical (unpaired) electrons. The lowest BCUT2D eigenvalue weighted by molar-refractivity contribution is 0.407. The van der Waals surface area contributed by atoms with Gasteiger partial charge in [0, 0.05) is 25.2 Å². The number of methoxy groups -OCH3 is 1. The van der Waals surface area contributed by atoms with Gasteiger partial charge in [0.05, 0.1) is 29.1 Å². The summed E-state index contributed by atoms with van der Waals surface area (Å²) in [6, 6.07) is 10.0. The largest absolute Gasteiger partial charge is 0.497 e. The maximum Gasteiger partial charge on any atom is 0.267 e. The number of ether oxygens (including phenoxy) is 1. The number of aromatic nitrogens is 2. The minimum absolute atomic E-state index is 0.0521. The Bertz CT molecular complexity index is 956. The van der Waals surface area contributed by atoms with E-state index in [1.54, 1.807) is 24.3 Å². The minimum atomic E-state index is -0.835. The van der Waals surface area contributed by atoms with Crippen molar-refractivity contribution in [1.29, 1.82) is 0 Å². The van der Waals surface area contributed by atoms with E-state index in [4.69, 9.17) is 16.3 Å². The molecule has 0 N–H and O–H groups in total. The molecule has 7 heteroatoms. The number of halogens is 3. The number of hydrogen-bond donors (Lipinski definition) is 0. The van der Waals surface area contributed by atoms with Gasteiger partial charge in [-0.3, -0.25) is 4.79 Å². The molecule has 0 spiro atoms. The molecule has 3 aromatic rings. The lowest BCUT2D eigenvalue weighted by Crippen LogP contribution is -2.18.